The lowest BCUT2D eigenvalue weighted by Gasteiger charge is -2.19. The maximum Gasteiger partial charge on any atom is 0.213 e. The number of anilines is 1. The Bertz CT molecular complexity index is 1360. The third-order valence-corrected chi connectivity index (χ3v) is 5.75. The van der Waals surface area contributed by atoms with Crippen molar-refractivity contribution in [2.75, 3.05) is 24.6 Å². The molecular weight excluding hydrogens is 444 g/mol. The fourth-order valence-corrected chi connectivity index (χ4v) is 4.09. The molecule has 1 unspecified atom stereocenters. The van der Waals surface area contributed by atoms with Crippen molar-refractivity contribution in [2.24, 2.45) is 0 Å². The molecule has 0 saturated carbocycles. The highest BCUT2D eigenvalue weighted by molar-refractivity contribution is 5.85. The van der Waals surface area contributed by atoms with Crippen LogP contribution in [-0.2, 0) is 0 Å². The first-order valence-electron chi connectivity index (χ1n) is 11.5. The summed E-state index contributed by atoms with van der Waals surface area (Å²) in [6.45, 7) is 5.06. The molecule has 0 bridgehead atoms. The molecule has 9 nitrogen and oxygen atoms in total. The minimum Gasteiger partial charge on any atom is -0.489 e. The SMILES string of the molecule is CC(C)(O)COc1cc(-c2ccc(N3CCC(Oc4ccccn4)C3)nc2)c2c(C#N)cnn2c1. The highest BCUT2D eigenvalue weighted by Crippen LogP contribution is 2.32. The van der Waals surface area contributed by atoms with E-state index in [0.29, 0.717) is 22.7 Å². The second kappa shape index (κ2) is 9.24. The van der Waals surface area contributed by atoms with Crippen LogP contribution in [0.15, 0.2) is 61.2 Å². The van der Waals surface area contributed by atoms with Gasteiger partial charge in [0.25, 0.3) is 0 Å². The monoisotopic (exact) mass is 470 g/mol. The molecular formula is C26H26N6O3. The van der Waals surface area contributed by atoms with Gasteiger partial charge in [-0.05, 0) is 38.1 Å². The molecule has 0 radical (unpaired) electrons. The molecule has 0 amide bonds. The number of fused-ring (bicyclic) bond motifs is 1. The van der Waals surface area contributed by atoms with Crippen molar-refractivity contribution in [1.29, 1.82) is 5.26 Å². The molecule has 9 heteroatoms. The van der Waals surface area contributed by atoms with Crippen LogP contribution in [0.3, 0.4) is 0 Å². The summed E-state index contributed by atoms with van der Waals surface area (Å²) < 4.78 is 13.4. The number of hydrogen-bond donors (Lipinski definition) is 1. The van der Waals surface area contributed by atoms with Gasteiger partial charge in [0.05, 0.1) is 35.6 Å². The first kappa shape index (κ1) is 22.6. The molecule has 1 fully saturated rings. The molecule has 0 spiro atoms. The molecule has 1 aliphatic heterocycles. The second-order valence-corrected chi connectivity index (χ2v) is 9.20. The van der Waals surface area contributed by atoms with E-state index in [0.717, 1.165) is 36.5 Å². The summed E-state index contributed by atoms with van der Waals surface area (Å²) >= 11 is 0. The van der Waals surface area contributed by atoms with Gasteiger partial charge in [-0.15, -0.1) is 0 Å². The summed E-state index contributed by atoms with van der Waals surface area (Å²) in [5.41, 5.74) is 1.79. The highest BCUT2D eigenvalue weighted by Gasteiger charge is 2.25. The van der Waals surface area contributed by atoms with Crippen molar-refractivity contribution < 1.29 is 14.6 Å². The molecule has 4 aromatic heterocycles. The van der Waals surface area contributed by atoms with Crippen molar-refractivity contribution >= 4 is 11.3 Å². The number of aromatic nitrogens is 4. The van der Waals surface area contributed by atoms with E-state index in [4.69, 9.17) is 14.5 Å². The van der Waals surface area contributed by atoms with E-state index in [1.165, 1.54) is 6.20 Å². The van der Waals surface area contributed by atoms with Gasteiger partial charge in [-0.3, -0.25) is 0 Å². The van der Waals surface area contributed by atoms with E-state index >= 15 is 0 Å². The van der Waals surface area contributed by atoms with Crippen LogP contribution in [0.5, 0.6) is 11.6 Å². The van der Waals surface area contributed by atoms with Gasteiger partial charge in [-0.25, -0.2) is 14.5 Å². The smallest absolute Gasteiger partial charge is 0.213 e. The van der Waals surface area contributed by atoms with Crippen molar-refractivity contribution in [3.05, 3.63) is 66.7 Å². The summed E-state index contributed by atoms with van der Waals surface area (Å²) in [7, 11) is 0. The Morgan fingerprint density at radius 1 is 1.20 bits per heavy atom. The van der Waals surface area contributed by atoms with Gasteiger partial charge in [0.15, 0.2) is 0 Å². The lowest BCUT2D eigenvalue weighted by atomic mass is 10.1. The van der Waals surface area contributed by atoms with Gasteiger partial charge in [0.1, 0.15) is 30.3 Å². The van der Waals surface area contributed by atoms with Crippen LogP contribution in [0.25, 0.3) is 16.6 Å². The predicted octanol–water partition coefficient (Wildman–Crippen LogP) is 3.47. The maximum absolute atomic E-state index is 10.0. The minimum absolute atomic E-state index is 0.0561. The Hall–Kier alpha value is -4.16. The van der Waals surface area contributed by atoms with Crippen molar-refractivity contribution in [2.45, 2.75) is 32.0 Å². The molecule has 35 heavy (non-hydrogen) atoms. The topological polar surface area (TPSA) is 109 Å². The average molecular weight is 471 g/mol. The van der Waals surface area contributed by atoms with E-state index in [1.807, 2.05) is 36.4 Å². The summed E-state index contributed by atoms with van der Waals surface area (Å²) in [6.07, 6.45) is 7.71. The van der Waals surface area contributed by atoms with E-state index < -0.39 is 5.60 Å². The van der Waals surface area contributed by atoms with Crippen molar-refractivity contribution in [3.63, 3.8) is 0 Å². The third kappa shape index (κ3) is 5.03. The Morgan fingerprint density at radius 2 is 2.09 bits per heavy atom. The quantitative estimate of drug-likeness (QED) is 0.437. The zero-order chi connectivity index (χ0) is 24.4. The molecule has 5 rings (SSSR count). The fourth-order valence-electron chi connectivity index (χ4n) is 4.09. The number of aliphatic hydroxyl groups is 1. The number of hydrogen-bond acceptors (Lipinski definition) is 8. The van der Waals surface area contributed by atoms with Crippen LogP contribution in [0.2, 0.25) is 0 Å². The van der Waals surface area contributed by atoms with Crippen LogP contribution in [0, 0.1) is 11.3 Å². The molecule has 4 aromatic rings. The maximum atomic E-state index is 10.0. The summed E-state index contributed by atoms with van der Waals surface area (Å²) in [6, 6.07) is 13.7. The number of nitriles is 1. The van der Waals surface area contributed by atoms with Gasteiger partial charge >= 0.3 is 0 Å². The van der Waals surface area contributed by atoms with E-state index in [9.17, 15) is 10.4 Å². The van der Waals surface area contributed by atoms with Gasteiger partial charge in [-0.1, -0.05) is 6.07 Å². The highest BCUT2D eigenvalue weighted by atomic mass is 16.5. The van der Waals surface area contributed by atoms with Crippen molar-refractivity contribution in [3.8, 4) is 28.8 Å². The average Bonchev–Trinajstić information content (AvgIpc) is 3.49. The minimum atomic E-state index is -0.978. The first-order valence-corrected chi connectivity index (χ1v) is 11.5. The molecule has 178 valence electrons. The van der Waals surface area contributed by atoms with E-state index in [2.05, 4.69) is 21.1 Å². The zero-order valence-electron chi connectivity index (χ0n) is 19.6. The molecule has 0 aromatic carbocycles. The molecule has 1 atom stereocenters. The van der Waals surface area contributed by atoms with Gasteiger partial charge in [0, 0.05) is 42.6 Å². The van der Waals surface area contributed by atoms with Crippen LogP contribution >= 0.6 is 0 Å². The number of ether oxygens (including phenoxy) is 2. The summed E-state index contributed by atoms with van der Waals surface area (Å²) in [4.78, 5) is 11.1. The fraction of sp³-hybridized carbons (Fsp3) is 0.308. The first-order chi connectivity index (χ1) is 16.9. The Balaban J connectivity index is 1.38. The van der Waals surface area contributed by atoms with Crippen LogP contribution in [0.4, 0.5) is 5.82 Å². The number of rotatable bonds is 7. The normalized spacial score (nSPS) is 15.8. The third-order valence-electron chi connectivity index (χ3n) is 5.75. The number of pyridine rings is 3. The van der Waals surface area contributed by atoms with Gasteiger partial charge in [-0.2, -0.15) is 10.4 Å². The molecule has 1 aliphatic rings. The largest absolute Gasteiger partial charge is 0.489 e. The van der Waals surface area contributed by atoms with Crippen LogP contribution in [-0.4, -0.2) is 56.1 Å². The lowest BCUT2D eigenvalue weighted by Crippen LogP contribution is -2.27. The molecule has 0 aliphatic carbocycles. The standard InChI is InChI=1S/C26H26N6O3/c1-26(2,33)17-34-21-11-22(25-19(12-27)14-30-32(25)16-21)18-6-7-23(29-13-18)31-10-8-20(15-31)35-24-5-3-4-9-28-24/h3-7,9,11,13-14,16,20,33H,8,10,15,17H2,1-2H3. The van der Waals surface area contributed by atoms with Crippen LogP contribution < -0.4 is 14.4 Å². The van der Waals surface area contributed by atoms with E-state index in [1.54, 1.807) is 37.0 Å². The molecule has 1 saturated heterocycles. The summed E-state index contributed by atoms with van der Waals surface area (Å²) in [5.74, 6) is 2.04. The predicted molar refractivity (Wildman–Crippen MR) is 130 cm³/mol. The van der Waals surface area contributed by atoms with E-state index in [-0.39, 0.29) is 12.7 Å². The Morgan fingerprint density at radius 3 is 2.80 bits per heavy atom. The number of nitrogens with zero attached hydrogens (tertiary/aromatic N) is 6. The van der Waals surface area contributed by atoms with Crippen molar-refractivity contribution in [1.82, 2.24) is 19.6 Å². The second-order valence-electron chi connectivity index (χ2n) is 9.20. The Labute approximate surface area is 203 Å². The van der Waals surface area contributed by atoms with Crippen LogP contribution in [0.1, 0.15) is 25.8 Å². The Kier molecular flexibility index (Phi) is 5.97. The lowest BCUT2D eigenvalue weighted by molar-refractivity contribution is 0.0283. The molecule has 5 heterocycles. The summed E-state index contributed by atoms with van der Waals surface area (Å²) in [5, 5.41) is 23.9. The van der Waals surface area contributed by atoms with Gasteiger partial charge in [0.2, 0.25) is 5.88 Å². The molecule has 1 N–H and O–H groups in total. The van der Waals surface area contributed by atoms with Gasteiger partial charge < -0.3 is 19.5 Å². The zero-order valence-corrected chi connectivity index (χ0v) is 19.6.